The summed E-state index contributed by atoms with van der Waals surface area (Å²) in [7, 11) is 0. The topological polar surface area (TPSA) is 97.1 Å². The number of hydrogen-bond donors (Lipinski definition) is 4. The third-order valence-electron chi connectivity index (χ3n) is 6.19. The van der Waals surface area contributed by atoms with E-state index in [1.54, 1.807) is 27.7 Å². The molecule has 0 aliphatic carbocycles. The second kappa shape index (κ2) is 20.3. The molecule has 1 rings (SSSR count). The number of rotatable bonds is 19. The summed E-state index contributed by atoms with van der Waals surface area (Å²) in [6.07, 6.45) is 0.632. The first-order valence-electron chi connectivity index (χ1n) is 13.2. The van der Waals surface area contributed by atoms with Crippen molar-refractivity contribution in [3.8, 4) is 0 Å². The van der Waals surface area contributed by atoms with Crippen LogP contribution in [0.3, 0.4) is 0 Å². The number of nitrogens with zero attached hydrogens (tertiary/aromatic N) is 5. The molecule has 35 heavy (non-hydrogen) atoms. The van der Waals surface area contributed by atoms with E-state index in [-0.39, 0.29) is 33.3 Å². The van der Waals surface area contributed by atoms with Crippen LogP contribution in [0.1, 0.15) is 34.6 Å². The van der Waals surface area contributed by atoms with Crippen molar-refractivity contribution in [3.05, 3.63) is 6.42 Å². The molecule has 4 atom stereocenters. The van der Waals surface area contributed by atoms with E-state index in [0.717, 1.165) is 72.0 Å². The van der Waals surface area contributed by atoms with Gasteiger partial charge < -0.3 is 31.7 Å². The van der Waals surface area contributed by atoms with Crippen molar-refractivity contribution in [1.82, 2.24) is 24.5 Å². The van der Waals surface area contributed by atoms with E-state index in [1.807, 2.05) is 0 Å². The molecule has 0 aromatic carbocycles. The molecule has 0 bridgehead atoms. The minimum Gasteiger partial charge on any atom is -0.392 e. The molecule has 0 saturated carbocycles. The summed E-state index contributed by atoms with van der Waals surface area (Å²) in [6.45, 7) is 22.5. The average Bonchev–Trinajstić information content (AvgIpc) is 2.73. The Morgan fingerprint density at radius 2 is 0.914 bits per heavy atom. The molecular weight excluding hydrogens is 530 g/mol. The molecule has 210 valence electrons. The molecule has 1 aliphatic rings. The van der Waals surface area contributed by atoms with Gasteiger partial charge in [0.25, 0.3) is 0 Å². The fraction of sp³-hybridized carbons (Fsp3) is 0.960. The standard InChI is InChI=1S/C25H54N5O4.Mo/c1-6-7-26(14-16-29(18-22(2)31)19-23(3)32)8-9-27-10-12-28(13-11-27)15-17-30(20-24(4)33)21-25(5)34;/h6,22-25,31-34H,7-21H2,1-5H3;/q-1;. The molecule has 0 radical (unpaired) electrons. The van der Waals surface area contributed by atoms with Gasteiger partial charge in [-0.15, -0.1) is 6.54 Å². The van der Waals surface area contributed by atoms with Crippen LogP contribution in [-0.4, -0.2) is 168 Å². The van der Waals surface area contributed by atoms with Gasteiger partial charge in [0.15, 0.2) is 0 Å². The van der Waals surface area contributed by atoms with Gasteiger partial charge in [0.1, 0.15) is 0 Å². The first-order chi connectivity index (χ1) is 16.1. The van der Waals surface area contributed by atoms with Crippen molar-refractivity contribution in [1.29, 1.82) is 0 Å². The molecule has 0 amide bonds. The molecule has 1 heterocycles. The van der Waals surface area contributed by atoms with Crippen molar-refractivity contribution in [2.24, 2.45) is 0 Å². The Bertz CT molecular complexity index is 474. The van der Waals surface area contributed by atoms with Gasteiger partial charge in [0.05, 0.1) is 24.4 Å². The van der Waals surface area contributed by atoms with E-state index in [4.69, 9.17) is 0 Å². The molecule has 10 heteroatoms. The van der Waals surface area contributed by atoms with Crippen LogP contribution in [0.25, 0.3) is 0 Å². The van der Waals surface area contributed by atoms with Crippen LogP contribution in [0.15, 0.2) is 0 Å². The Labute approximate surface area is 229 Å². The zero-order valence-corrected chi connectivity index (χ0v) is 24.9. The molecule has 1 saturated heterocycles. The molecule has 9 nitrogen and oxygen atoms in total. The minimum atomic E-state index is -0.396. The molecule has 4 unspecified atom stereocenters. The Kier molecular flexibility index (Phi) is 20.5. The van der Waals surface area contributed by atoms with Crippen LogP contribution in [0.2, 0.25) is 0 Å². The maximum atomic E-state index is 9.77. The van der Waals surface area contributed by atoms with Gasteiger partial charge in [-0.05, 0) is 27.7 Å². The van der Waals surface area contributed by atoms with Gasteiger partial charge >= 0.3 is 0 Å². The van der Waals surface area contributed by atoms with Crippen LogP contribution < -0.4 is 0 Å². The number of piperazine rings is 1. The Hall–Kier alpha value is 0.328. The van der Waals surface area contributed by atoms with Crippen molar-refractivity contribution in [3.63, 3.8) is 0 Å². The fourth-order valence-corrected chi connectivity index (χ4v) is 4.65. The van der Waals surface area contributed by atoms with Crippen molar-refractivity contribution >= 4 is 0 Å². The Balaban J connectivity index is 0.0000116. The first kappa shape index (κ1) is 35.3. The van der Waals surface area contributed by atoms with Crippen LogP contribution in [0, 0.1) is 6.42 Å². The summed E-state index contributed by atoms with van der Waals surface area (Å²) in [5.74, 6) is 0. The Morgan fingerprint density at radius 3 is 1.26 bits per heavy atom. The average molecular weight is 585 g/mol. The van der Waals surface area contributed by atoms with Crippen molar-refractivity contribution in [2.45, 2.75) is 59.0 Å². The summed E-state index contributed by atoms with van der Waals surface area (Å²) in [5, 5.41) is 39.0. The maximum Gasteiger partial charge on any atom is 0.0639 e. The van der Waals surface area contributed by atoms with Gasteiger partial charge in [-0.25, -0.2) is 0 Å². The fourth-order valence-electron chi connectivity index (χ4n) is 4.65. The van der Waals surface area contributed by atoms with E-state index >= 15 is 0 Å². The van der Waals surface area contributed by atoms with Gasteiger partial charge in [0.2, 0.25) is 0 Å². The monoisotopic (exact) mass is 586 g/mol. The smallest absolute Gasteiger partial charge is 0.0639 e. The SMILES string of the molecule is C[CH-]CN(CCN1CCN(CCN(CC(C)O)CC(C)O)CC1)CCN(CC(C)O)CC(C)O.[Mo]. The normalized spacial score (nSPS) is 19.2. The third kappa shape index (κ3) is 18.3. The van der Waals surface area contributed by atoms with E-state index in [2.05, 4.69) is 37.8 Å². The Morgan fingerprint density at radius 1 is 0.600 bits per heavy atom. The van der Waals surface area contributed by atoms with Crippen molar-refractivity contribution in [2.75, 3.05) is 98.2 Å². The molecule has 0 aromatic rings. The number of aliphatic hydroxyl groups is 4. The summed E-state index contributed by atoms with van der Waals surface area (Å²) >= 11 is 0. The summed E-state index contributed by atoms with van der Waals surface area (Å²) in [4.78, 5) is 11.8. The molecule has 1 aliphatic heterocycles. The quantitative estimate of drug-likeness (QED) is 0.116. The van der Waals surface area contributed by atoms with E-state index in [1.165, 1.54) is 0 Å². The summed E-state index contributed by atoms with van der Waals surface area (Å²) < 4.78 is 0. The zero-order valence-electron chi connectivity index (χ0n) is 22.9. The zero-order chi connectivity index (χ0) is 25.5. The predicted octanol–water partition coefficient (Wildman–Crippen LogP) is -0.745. The van der Waals surface area contributed by atoms with Crippen LogP contribution >= 0.6 is 0 Å². The van der Waals surface area contributed by atoms with Gasteiger partial charge in [0, 0.05) is 113 Å². The van der Waals surface area contributed by atoms with Gasteiger partial charge in [-0.3, -0.25) is 19.6 Å². The summed E-state index contributed by atoms with van der Waals surface area (Å²) in [6, 6.07) is 0. The largest absolute Gasteiger partial charge is 0.392 e. The number of aliphatic hydroxyl groups excluding tert-OH is 4. The molecule has 1 fully saturated rings. The van der Waals surface area contributed by atoms with Crippen molar-refractivity contribution < 1.29 is 41.5 Å². The maximum absolute atomic E-state index is 9.77. The molecule has 4 N–H and O–H groups in total. The first-order valence-corrected chi connectivity index (χ1v) is 13.2. The van der Waals surface area contributed by atoms with E-state index < -0.39 is 12.2 Å². The number of hydrogen-bond acceptors (Lipinski definition) is 9. The van der Waals surface area contributed by atoms with Crippen LogP contribution in [0.5, 0.6) is 0 Å². The predicted molar refractivity (Wildman–Crippen MR) is 139 cm³/mol. The van der Waals surface area contributed by atoms with E-state index in [0.29, 0.717) is 26.2 Å². The summed E-state index contributed by atoms with van der Waals surface area (Å²) in [5.41, 5.74) is 0. The second-order valence-electron chi connectivity index (χ2n) is 10.3. The second-order valence-corrected chi connectivity index (χ2v) is 10.3. The van der Waals surface area contributed by atoms with Crippen LogP contribution in [0.4, 0.5) is 0 Å². The minimum absolute atomic E-state index is 0. The van der Waals surface area contributed by atoms with Crippen LogP contribution in [-0.2, 0) is 21.1 Å². The van der Waals surface area contributed by atoms with E-state index in [9.17, 15) is 20.4 Å². The van der Waals surface area contributed by atoms with Gasteiger partial charge in [-0.2, -0.15) is 6.92 Å². The molecule has 0 aromatic heterocycles. The molecular formula is C25H54MoN5O4-. The third-order valence-corrected chi connectivity index (χ3v) is 6.19. The molecule has 0 spiro atoms. The van der Waals surface area contributed by atoms with Gasteiger partial charge in [-0.1, -0.05) is 0 Å².